The molecule has 0 aliphatic rings. The molecule has 112 valence electrons. The summed E-state index contributed by atoms with van der Waals surface area (Å²) in [6, 6.07) is 8.00. The first-order valence-electron chi connectivity index (χ1n) is 7.76. The first-order valence-corrected chi connectivity index (χ1v) is 7.76. The molecule has 0 aliphatic heterocycles. The third-order valence-corrected chi connectivity index (χ3v) is 3.57. The average Bonchev–Trinajstić information content (AvgIpc) is 2.43. The number of aryl methyl sites for hydroxylation is 1. The molecule has 1 rings (SSSR count). The third kappa shape index (κ3) is 6.60. The van der Waals surface area contributed by atoms with Crippen LogP contribution in [0.1, 0.15) is 57.9 Å². The third-order valence-electron chi connectivity index (χ3n) is 3.57. The van der Waals surface area contributed by atoms with E-state index >= 15 is 0 Å². The summed E-state index contributed by atoms with van der Waals surface area (Å²) in [6.45, 7) is 4.29. The molecule has 1 unspecified atom stereocenters. The monoisotopic (exact) mass is 276 g/mol. The summed E-state index contributed by atoms with van der Waals surface area (Å²) in [4.78, 5) is 11.9. The number of amides is 1. The molecular formula is C17H28N2O. The summed E-state index contributed by atoms with van der Waals surface area (Å²) >= 11 is 0. The highest BCUT2D eigenvalue weighted by molar-refractivity contribution is 5.76. The number of nitrogens with two attached hydrogens (primary N) is 1. The Balaban J connectivity index is 2.21. The molecule has 0 aromatic heterocycles. The highest BCUT2D eigenvalue weighted by Gasteiger charge is 2.08. The van der Waals surface area contributed by atoms with Crippen LogP contribution in [-0.2, 0) is 11.2 Å². The lowest BCUT2D eigenvalue weighted by atomic mass is 10.1. The molecule has 0 bridgehead atoms. The van der Waals surface area contributed by atoms with Gasteiger partial charge in [0.15, 0.2) is 0 Å². The highest BCUT2D eigenvalue weighted by atomic mass is 16.1. The SMILES string of the molecule is CCCCCCC(C)NC(=O)CCc1ccccc1N. The number of anilines is 1. The second kappa shape index (κ2) is 9.40. The van der Waals surface area contributed by atoms with Gasteiger partial charge in [-0.1, -0.05) is 50.8 Å². The fraction of sp³-hybridized carbons (Fsp3) is 0.588. The van der Waals surface area contributed by atoms with Crippen molar-refractivity contribution in [1.82, 2.24) is 5.32 Å². The normalized spacial score (nSPS) is 12.1. The Hall–Kier alpha value is -1.51. The molecule has 1 atom stereocenters. The van der Waals surface area contributed by atoms with Crippen LogP contribution in [0.3, 0.4) is 0 Å². The van der Waals surface area contributed by atoms with Gasteiger partial charge in [0.2, 0.25) is 5.91 Å². The summed E-state index contributed by atoms with van der Waals surface area (Å²) in [5, 5.41) is 3.07. The minimum absolute atomic E-state index is 0.122. The molecule has 0 saturated heterocycles. The molecule has 3 heteroatoms. The topological polar surface area (TPSA) is 55.1 Å². The lowest BCUT2D eigenvalue weighted by molar-refractivity contribution is -0.121. The zero-order valence-corrected chi connectivity index (χ0v) is 12.8. The largest absolute Gasteiger partial charge is 0.399 e. The molecule has 0 heterocycles. The molecule has 1 amide bonds. The van der Waals surface area contributed by atoms with Gasteiger partial charge in [-0.05, 0) is 31.4 Å². The van der Waals surface area contributed by atoms with Crippen molar-refractivity contribution in [3.63, 3.8) is 0 Å². The van der Waals surface area contributed by atoms with Gasteiger partial charge in [-0.3, -0.25) is 4.79 Å². The van der Waals surface area contributed by atoms with Crippen LogP contribution < -0.4 is 11.1 Å². The fourth-order valence-corrected chi connectivity index (χ4v) is 2.31. The van der Waals surface area contributed by atoms with Crippen LogP contribution in [0.4, 0.5) is 5.69 Å². The van der Waals surface area contributed by atoms with Crippen molar-refractivity contribution in [3.8, 4) is 0 Å². The maximum absolute atomic E-state index is 11.9. The lowest BCUT2D eigenvalue weighted by Crippen LogP contribution is -2.32. The zero-order valence-electron chi connectivity index (χ0n) is 12.8. The van der Waals surface area contributed by atoms with Gasteiger partial charge < -0.3 is 11.1 Å². The van der Waals surface area contributed by atoms with Crippen LogP contribution in [0.5, 0.6) is 0 Å². The van der Waals surface area contributed by atoms with E-state index in [0.29, 0.717) is 12.8 Å². The number of nitrogen functional groups attached to an aromatic ring is 1. The van der Waals surface area contributed by atoms with Crippen molar-refractivity contribution in [3.05, 3.63) is 29.8 Å². The molecule has 1 aromatic carbocycles. The number of benzene rings is 1. The van der Waals surface area contributed by atoms with Crippen LogP contribution in [0.2, 0.25) is 0 Å². The smallest absolute Gasteiger partial charge is 0.220 e. The summed E-state index contributed by atoms with van der Waals surface area (Å²) in [5.41, 5.74) is 7.70. The van der Waals surface area contributed by atoms with Gasteiger partial charge in [0.05, 0.1) is 0 Å². The van der Waals surface area contributed by atoms with Gasteiger partial charge in [0.1, 0.15) is 0 Å². The van der Waals surface area contributed by atoms with Crippen LogP contribution in [0.25, 0.3) is 0 Å². The van der Waals surface area contributed by atoms with Crippen molar-refractivity contribution in [2.45, 2.75) is 64.8 Å². The van der Waals surface area contributed by atoms with Crippen LogP contribution in [-0.4, -0.2) is 11.9 Å². The Labute approximate surface area is 122 Å². The quantitative estimate of drug-likeness (QED) is 0.534. The van der Waals surface area contributed by atoms with E-state index in [-0.39, 0.29) is 11.9 Å². The van der Waals surface area contributed by atoms with Crippen LogP contribution in [0, 0.1) is 0 Å². The van der Waals surface area contributed by atoms with Gasteiger partial charge in [-0.25, -0.2) is 0 Å². The standard InChI is InChI=1S/C17H28N2O/c1-3-4-5-6-9-14(2)19-17(20)13-12-15-10-7-8-11-16(15)18/h7-8,10-11,14H,3-6,9,12-13,18H2,1-2H3,(H,19,20). The number of carbonyl (C=O) groups is 1. The van der Waals surface area contributed by atoms with Crippen molar-refractivity contribution in [1.29, 1.82) is 0 Å². The van der Waals surface area contributed by atoms with E-state index < -0.39 is 0 Å². The summed E-state index contributed by atoms with van der Waals surface area (Å²) in [6.07, 6.45) is 7.28. The molecule has 1 aromatic rings. The summed E-state index contributed by atoms with van der Waals surface area (Å²) in [5.74, 6) is 0.122. The van der Waals surface area contributed by atoms with E-state index in [1.54, 1.807) is 0 Å². The summed E-state index contributed by atoms with van der Waals surface area (Å²) in [7, 11) is 0. The maximum atomic E-state index is 11.9. The van der Waals surface area contributed by atoms with E-state index in [2.05, 4.69) is 19.2 Å². The predicted molar refractivity (Wildman–Crippen MR) is 85.5 cm³/mol. The van der Waals surface area contributed by atoms with E-state index in [4.69, 9.17) is 5.73 Å². The van der Waals surface area contributed by atoms with Gasteiger partial charge in [-0.15, -0.1) is 0 Å². The number of para-hydroxylation sites is 1. The van der Waals surface area contributed by atoms with Gasteiger partial charge >= 0.3 is 0 Å². The Morgan fingerprint density at radius 3 is 2.70 bits per heavy atom. The van der Waals surface area contributed by atoms with Gasteiger partial charge in [0, 0.05) is 18.2 Å². The van der Waals surface area contributed by atoms with Gasteiger partial charge in [0.25, 0.3) is 0 Å². The lowest BCUT2D eigenvalue weighted by Gasteiger charge is -2.14. The Bertz CT molecular complexity index is 404. The van der Waals surface area contributed by atoms with Crippen molar-refractivity contribution in [2.24, 2.45) is 0 Å². The summed E-state index contributed by atoms with van der Waals surface area (Å²) < 4.78 is 0. The van der Waals surface area contributed by atoms with E-state index in [1.807, 2.05) is 24.3 Å². The molecule has 3 N–H and O–H groups in total. The molecule has 0 spiro atoms. The number of hydrogen-bond acceptors (Lipinski definition) is 2. The molecular weight excluding hydrogens is 248 g/mol. The van der Waals surface area contributed by atoms with Crippen molar-refractivity contribution >= 4 is 11.6 Å². The van der Waals surface area contributed by atoms with Crippen LogP contribution >= 0.6 is 0 Å². The second-order valence-electron chi connectivity index (χ2n) is 5.52. The van der Waals surface area contributed by atoms with Crippen molar-refractivity contribution in [2.75, 3.05) is 5.73 Å². The average molecular weight is 276 g/mol. The van der Waals surface area contributed by atoms with E-state index in [1.165, 1.54) is 25.7 Å². The molecule has 0 fully saturated rings. The number of rotatable bonds is 9. The number of carbonyl (C=O) groups excluding carboxylic acids is 1. The first kappa shape index (κ1) is 16.5. The fourth-order valence-electron chi connectivity index (χ4n) is 2.31. The second-order valence-corrected chi connectivity index (χ2v) is 5.52. The molecule has 0 aliphatic carbocycles. The minimum atomic E-state index is 0.122. The maximum Gasteiger partial charge on any atom is 0.220 e. The number of unbranched alkanes of at least 4 members (excludes halogenated alkanes) is 3. The van der Waals surface area contributed by atoms with E-state index in [9.17, 15) is 4.79 Å². The number of hydrogen-bond donors (Lipinski definition) is 2. The Kier molecular flexibility index (Phi) is 7.78. The predicted octanol–water partition coefficient (Wildman–Crippen LogP) is 3.68. The Morgan fingerprint density at radius 1 is 1.25 bits per heavy atom. The Morgan fingerprint density at radius 2 is 2.00 bits per heavy atom. The molecule has 0 radical (unpaired) electrons. The molecule has 20 heavy (non-hydrogen) atoms. The highest BCUT2D eigenvalue weighted by Crippen LogP contribution is 2.12. The van der Waals surface area contributed by atoms with E-state index in [0.717, 1.165) is 17.7 Å². The zero-order chi connectivity index (χ0) is 14.8. The first-order chi connectivity index (χ1) is 9.63. The van der Waals surface area contributed by atoms with Gasteiger partial charge in [-0.2, -0.15) is 0 Å². The molecule has 0 saturated carbocycles. The number of nitrogens with one attached hydrogen (secondary N) is 1. The van der Waals surface area contributed by atoms with Crippen molar-refractivity contribution < 1.29 is 4.79 Å². The molecule has 3 nitrogen and oxygen atoms in total. The van der Waals surface area contributed by atoms with Crippen LogP contribution in [0.15, 0.2) is 24.3 Å². The minimum Gasteiger partial charge on any atom is -0.399 e.